The zero-order valence-electron chi connectivity index (χ0n) is 20.3. The average molecular weight is 473 g/mol. The average Bonchev–Trinajstić information content (AvgIpc) is 2.83. The number of aryl methyl sites for hydroxylation is 1. The fourth-order valence-corrected chi connectivity index (χ4v) is 6.08. The van der Waals surface area contributed by atoms with Crippen LogP contribution in [0.4, 0.5) is 0 Å². The van der Waals surface area contributed by atoms with Crippen LogP contribution >= 0.6 is 11.8 Å². The number of benzene rings is 1. The molecule has 1 saturated heterocycles. The van der Waals surface area contributed by atoms with Crippen molar-refractivity contribution in [1.29, 1.82) is 0 Å². The van der Waals surface area contributed by atoms with Gasteiger partial charge >= 0.3 is 5.97 Å². The molecule has 0 amide bonds. The number of carboxylic acid groups (broad SMARTS) is 1. The first-order valence-electron chi connectivity index (χ1n) is 12.5. The van der Waals surface area contributed by atoms with E-state index >= 15 is 0 Å². The number of pyridine rings is 1. The third-order valence-corrected chi connectivity index (χ3v) is 8.01. The summed E-state index contributed by atoms with van der Waals surface area (Å²) >= 11 is 2.06. The standard InChI is InChI=1S/C27H40N2O3S/c1-3-4-17-33-18-16-29-15-13-21(23(20-29)8-11-27(30)31)6-5-7-22-12-14-28-26-10-9-24(32-2)19-25(22)26/h9-10,12,14,19,21,23H,3-8,11,13,15-18,20H2,1-2H3,(H,30,31). The number of likely N-dealkylation sites (tertiary alicyclic amines) is 1. The van der Waals surface area contributed by atoms with Crippen molar-refractivity contribution in [3.05, 3.63) is 36.0 Å². The third kappa shape index (κ3) is 8.18. The first-order chi connectivity index (χ1) is 16.1. The Bertz CT molecular complexity index is 876. The first-order valence-corrected chi connectivity index (χ1v) is 13.7. The zero-order valence-corrected chi connectivity index (χ0v) is 21.1. The molecule has 5 nitrogen and oxygen atoms in total. The molecule has 1 aliphatic heterocycles. The summed E-state index contributed by atoms with van der Waals surface area (Å²) < 4.78 is 5.41. The van der Waals surface area contributed by atoms with E-state index in [4.69, 9.17) is 4.74 Å². The van der Waals surface area contributed by atoms with Crippen molar-refractivity contribution in [3.8, 4) is 5.75 Å². The van der Waals surface area contributed by atoms with Crippen LogP contribution in [-0.4, -0.2) is 59.2 Å². The number of carboxylic acids is 1. The predicted molar refractivity (Wildman–Crippen MR) is 138 cm³/mol. The van der Waals surface area contributed by atoms with Gasteiger partial charge < -0.3 is 14.7 Å². The van der Waals surface area contributed by atoms with Gasteiger partial charge in [0.2, 0.25) is 0 Å². The minimum atomic E-state index is -0.668. The molecule has 0 saturated carbocycles. The smallest absolute Gasteiger partial charge is 0.303 e. The number of ether oxygens (including phenoxy) is 1. The van der Waals surface area contributed by atoms with Crippen LogP contribution in [0.2, 0.25) is 0 Å². The summed E-state index contributed by atoms with van der Waals surface area (Å²) in [5, 5.41) is 10.4. The van der Waals surface area contributed by atoms with Crippen LogP contribution in [0.15, 0.2) is 30.5 Å². The molecule has 1 aromatic heterocycles. The highest BCUT2D eigenvalue weighted by Gasteiger charge is 2.29. The van der Waals surface area contributed by atoms with Crippen LogP contribution in [0.3, 0.4) is 0 Å². The summed E-state index contributed by atoms with van der Waals surface area (Å²) in [5.41, 5.74) is 2.33. The Hall–Kier alpha value is -1.79. The summed E-state index contributed by atoms with van der Waals surface area (Å²) in [6.45, 7) is 5.58. The van der Waals surface area contributed by atoms with Crippen LogP contribution in [0.25, 0.3) is 10.9 Å². The molecule has 3 rings (SSSR count). The number of nitrogens with zero attached hydrogens (tertiary/aromatic N) is 2. The van der Waals surface area contributed by atoms with Gasteiger partial charge in [0.15, 0.2) is 0 Å². The quantitative estimate of drug-likeness (QED) is 0.345. The zero-order chi connectivity index (χ0) is 23.5. The maximum absolute atomic E-state index is 11.2. The molecule has 0 spiro atoms. The molecule has 33 heavy (non-hydrogen) atoms. The lowest BCUT2D eigenvalue weighted by molar-refractivity contribution is -0.137. The largest absolute Gasteiger partial charge is 0.497 e. The van der Waals surface area contributed by atoms with E-state index in [0.29, 0.717) is 11.8 Å². The van der Waals surface area contributed by atoms with E-state index in [-0.39, 0.29) is 6.42 Å². The van der Waals surface area contributed by atoms with Crippen molar-refractivity contribution < 1.29 is 14.6 Å². The Kier molecular flexibility index (Phi) is 10.8. The number of thioether (sulfide) groups is 1. The van der Waals surface area contributed by atoms with E-state index in [1.54, 1.807) is 7.11 Å². The topological polar surface area (TPSA) is 62.7 Å². The molecule has 2 atom stereocenters. The summed E-state index contributed by atoms with van der Waals surface area (Å²) in [6, 6.07) is 8.20. The van der Waals surface area contributed by atoms with Gasteiger partial charge in [0, 0.05) is 36.8 Å². The number of aromatic nitrogens is 1. The lowest BCUT2D eigenvalue weighted by Crippen LogP contribution is -2.41. The van der Waals surface area contributed by atoms with Crippen molar-refractivity contribution in [2.24, 2.45) is 11.8 Å². The molecule has 1 aliphatic rings. The Morgan fingerprint density at radius 1 is 1.21 bits per heavy atom. The van der Waals surface area contributed by atoms with Gasteiger partial charge in [-0.1, -0.05) is 13.3 Å². The number of piperidine rings is 1. The van der Waals surface area contributed by atoms with Gasteiger partial charge in [-0.15, -0.1) is 0 Å². The highest BCUT2D eigenvalue weighted by Crippen LogP contribution is 2.32. The van der Waals surface area contributed by atoms with E-state index < -0.39 is 5.97 Å². The Balaban J connectivity index is 1.54. The molecule has 2 unspecified atom stereocenters. The molecule has 0 aliphatic carbocycles. The third-order valence-electron chi connectivity index (χ3n) is 6.96. The SMILES string of the molecule is CCCCSCCN1CCC(CCCc2ccnc3ccc(OC)cc23)C(CCC(=O)O)C1. The molecule has 1 aromatic carbocycles. The molecule has 0 bridgehead atoms. The molecular weight excluding hydrogens is 432 g/mol. The van der Waals surface area contributed by atoms with Gasteiger partial charge in [0.25, 0.3) is 0 Å². The number of hydrogen-bond acceptors (Lipinski definition) is 5. The summed E-state index contributed by atoms with van der Waals surface area (Å²) in [7, 11) is 1.70. The normalized spacial score (nSPS) is 19.1. The van der Waals surface area contributed by atoms with E-state index in [1.807, 2.05) is 18.3 Å². The number of hydrogen-bond donors (Lipinski definition) is 1. The van der Waals surface area contributed by atoms with Gasteiger partial charge in [-0.2, -0.15) is 11.8 Å². The van der Waals surface area contributed by atoms with E-state index in [1.165, 1.54) is 41.7 Å². The van der Waals surface area contributed by atoms with Gasteiger partial charge in [0.1, 0.15) is 5.75 Å². The van der Waals surface area contributed by atoms with Crippen molar-refractivity contribution >= 4 is 28.6 Å². The van der Waals surface area contributed by atoms with E-state index in [2.05, 4.69) is 40.7 Å². The minimum absolute atomic E-state index is 0.287. The first kappa shape index (κ1) is 25.8. The maximum atomic E-state index is 11.2. The van der Waals surface area contributed by atoms with Crippen LogP contribution < -0.4 is 4.74 Å². The Morgan fingerprint density at radius 2 is 2.09 bits per heavy atom. The van der Waals surface area contributed by atoms with E-state index in [9.17, 15) is 9.90 Å². The minimum Gasteiger partial charge on any atom is -0.497 e. The number of rotatable bonds is 14. The fourth-order valence-electron chi connectivity index (χ4n) is 5.00. The molecule has 6 heteroatoms. The fraction of sp³-hybridized carbons (Fsp3) is 0.630. The molecule has 1 fully saturated rings. The highest BCUT2D eigenvalue weighted by molar-refractivity contribution is 7.99. The second-order valence-electron chi connectivity index (χ2n) is 9.25. The van der Waals surface area contributed by atoms with Crippen molar-refractivity contribution in [2.75, 3.05) is 38.2 Å². The van der Waals surface area contributed by atoms with Crippen molar-refractivity contribution in [3.63, 3.8) is 0 Å². The van der Waals surface area contributed by atoms with E-state index in [0.717, 1.165) is 56.6 Å². The Labute approximate surface area is 203 Å². The van der Waals surface area contributed by atoms with Crippen LogP contribution in [0, 0.1) is 11.8 Å². The summed E-state index contributed by atoms with van der Waals surface area (Å²) in [4.78, 5) is 18.3. The number of methoxy groups -OCH3 is 1. The second kappa shape index (κ2) is 13.8. The number of carbonyl (C=O) groups is 1. The molecule has 1 N–H and O–H groups in total. The molecule has 2 aromatic rings. The molecular formula is C27H40N2O3S. The van der Waals surface area contributed by atoms with Gasteiger partial charge in [-0.05, 0) is 92.5 Å². The van der Waals surface area contributed by atoms with Gasteiger partial charge in [0.05, 0.1) is 12.6 Å². The summed E-state index contributed by atoms with van der Waals surface area (Å²) in [6.07, 6.45) is 10.0. The van der Waals surface area contributed by atoms with Crippen LogP contribution in [-0.2, 0) is 11.2 Å². The second-order valence-corrected chi connectivity index (χ2v) is 10.5. The highest BCUT2D eigenvalue weighted by atomic mass is 32.2. The molecule has 0 radical (unpaired) electrons. The van der Waals surface area contributed by atoms with Gasteiger partial charge in [-0.3, -0.25) is 9.78 Å². The van der Waals surface area contributed by atoms with Crippen LogP contribution in [0.5, 0.6) is 5.75 Å². The van der Waals surface area contributed by atoms with Crippen molar-refractivity contribution in [2.45, 2.75) is 58.3 Å². The number of unbranched alkanes of at least 4 members (excludes halogenated alkanes) is 1. The summed E-state index contributed by atoms with van der Waals surface area (Å²) in [5.74, 6) is 3.75. The van der Waals surface area contributed by atoms with Crippen LogP contribution in [0.1, 0.15) is 57.4 Å². The predicted octanol–water partition coefficient (Wildman–Crippen LogP) is 5.90. The lowest BCUT2D eigenvalue weighted by atomic mass is 9.79. The van der Waals surface area contributed by atoms with Crippen molar-refractivity contribution in [1.82, 2.24) is 9.88 Å². The maximum Gasteiger partial charge on any atom is 0.303 e. The molecule has 182 valence electrons. The molecule has 2 heterocycles. The monoisotopic (exact) mass is 472 g/mol. The number of aliphatic carboxylic acids is 1. The Morgan fingerprint density at radius 3 is 2.88 bits per heavy atom. The van der Waals surface area contributed by atoms with Gasteiger partial charge in [-0.25, -0.2) is 0 Å². The lowest BCUT2D eigenvalue weighted by Gasteiger charge is -2.39. The number of fused-ring (bicyclic) bond motifs is 1.